The molecule has 0 aromatic rings. The molecule has 0 bridgehead atoms. The van der Waals surface area contributed by atoms with Crippen molar-refractivity contribution >= 4 is 0 Å². The Morgan fingerprint density at radius 2 is 1.94 bits per heavy atom. The van der Waals surface area contributed by atoms with E-state index in [4.69, 9.17) is 0 Å². The van der Waals surface area contributed by atoms with Crippen molar-refractivity contribution in [1.29, 1.82) is 0 Å². The van der Waals surface area contributed by atoms with Gasteiger partial charge in [0.1, 0.15) is 0 Å². The van der Waals surface area contributed by atoms with Crippen LogP contribution in [0.2, 0.25) is 0 Å². The molecular formula is C15H31NO. The minimum absolute atomic E-state index is 0.361. The van der Waals surface area contributed by atoms with Crippen LogP contribution < -0.4 is 5.32 Å². The van der Waals surface area contributed by atoms with Crippen LogP contribution in [0, 0.1) is 5.92 Å². The van der Waals surface area contributed by atoms with Crippen molar-refractivity contribution in [2.45, 2.75) is 83.7 Å². The van der Waals surface area contributed by atoms with Gasteiger partial charge in [0.25, 0.3) is 0 Å². The molecule has 2 N–H and O–H groups in total. The minimum atomic E-state index is 0.361. The summed E-state index contributed by atoms with van der Waals surface area (Å²) >= 11 is 0. The third kappa shape index (κ3) is 5.87. The molecule has 2 heteroatoms. The van der Waals surface area contributed by atoms with Gasteiger partial charge in [0, 0.05) is 18.7 Å². The quantitative estimate of drug-likeness (QED) is 0.638. The van der Waals surface area contributed by atoms with Gasteiger partial charge in [-0.1, -0.05) is 45.4 Å². The molecule has 102 valence electrons. The predicted molar refractivity (Wildman–Crippen MR) is 74.2 cm³/mol. The van der Waals surface area contributed by atoms with Gasteiger partial charge in [-0.15, -0.1) is 0 Å². The smallest absolute Gasteiger partial charge is 0.0474 e. The predicted octanol–water partition coefficient (Wildman–Crippen LogP) is 3.49. The molecule has 3 unspecified atom stereocenters. The van der Waals surface area contributed by atoms with Crippen LogP contribution in [-0.4, -0.2) is 23.8 Å². The summed E-state index contributed by atoms with van der Waals surface area (Å²) in [6.07, 6.45) is 11.8. The van der Waals surface area contributed by atoms with Crippen molar-refractivity contribution in [1.82, 2.24) is 5.32 Å². The van der Waals surface area contributed by atoms with Gasteiger partial charge >= 0.3 is 0 Å². The Bertz CT molecular complexity index is 184. The van der Waals surface area contributed by atoms with E-state index in [9.17, 15) is 5.11 Å². The maximum Gasteiger partial charge on any atom is 0.0474 e. The Kier molecular flexibility index (Phi) is 7.87. The summed E-state index contributed by atoms with van der Waals surface area (Å²) < 4.78 is 0. The molecule has 2 nitrogen and oxygen atoms in total. The molecule has 0 radical (unpaired) electrons. The fourth-order valence-corrected chi connectivity index (χ4v) is 2.97. The van der Waals surface area contributed by atoms with Gasteiger partial charge in [-0.25, -0.2) is 0 Å². The molecule has 0 spiro atoms. The van der Waals surface area contributed by atoms with Crippen LogP contribution in [0.3, 0.4) is 0 Å². The zero-order valence-corrected chi connectivity index (χ0v) is 11.8. The highest BCUT2D eigenvalue weighted by molar-refractivity contribution is 4.82. The third-order valence-electron chi connectivity index (χ3n) is 4.13. The summed E-state index contributed by atoms with van der Waals surface area (Å²) in [5.41, 5.74) is 0. The van der Waals surface area contributed by atoms with Gasteiger partial charge in [-0.2, -0.15) is 0 Å². The van der Waals surface area contributed by atoms with Crippen LogP contribution in [0.15, 0.2) is 0 Å². The molecule has 3 atom stereocenters. The highest BCUT2D eigenvalue weighted by Gasteiger charge is 2.25. The van der Waals surface area contributed by atoms with E-state index in [1.807, 2.05) is 0 Å². The lowest BCUT2D eigenvalue weighted by molar-refractivity contribution is 0.146. The van der Waals surface area contributed by atoms with Crippen molar-refractivity contribution in [3.8, 4) is 0 Å². The number of unbranched alkanes of at least 4 members (excludes halogenated alkanes) is 3. The van der Waals surface area contributed by atoms with Crippen LogP contribution in [0.5, 0.6) is 0 Å². The number of rotatable bonds is 8. The van der Waals surface area contributed by atoms with E-state index in [1.165, 1.54) is 57.8 Å². The lowest BCUT2D eigenvalue weighted by atomic mass is 9.84. The first-order chi connectivity index (χ1) is 8.27. The van der Waals surface area contributed by atoms with Gasteiger partial charge in [0.2, 0.25) is 0 Å². The van der Waals surface area contributed by atoms with Gasteiger partial charge < -0.3 is 10.4 Å². The van der Waals surface area contributed by atoms with E-state index in [-0.39, 0.29) is 0 Å². The number of hydrogen-bond acceptors (Lipinski definition) is 2. The van der Waals surface area contributed by atoms with Crippen molar-refractivity contribution in [2.75, 3.05) is 6.61 Å². The van der Waals surface area contributed by atoms with Gasteiger partial charge in [0.05, 0.1) is 0 Å². The Labute approximate surface area is 107 Å². The first-order valence-electron chi connectivity index (χ1n) is 7.64. The fourth-order valence-electron chi connectivity index (χ4n) is 2.97. The van der Waals surface area contributed by atoms with Crippen molar-refractivity contribution in [3.63, 3.8) is 0 Å². The van der Waals surface area contributed by atoms with Crippen LogP contribution in [0.1, 0.15) is 71.6 Å². The molecule has 1 fully saturated rings. The van der Waals surface area contributed by atoms with Gasteiger partial charge in [0.15, 0.2) is 0 Å². The number of nitrogens with one attached hydrogen (secondary N) is 1. The first-order valence-corrected chi connectivity index (χ1v) is 7.64. The van der Waals surface area contributed by atoms with Crippen LogP contribution in [0.25, 0.3) is 0 Å². The summed E-state index contributed by atoms with van der Waals surface area (Å²) in [7, 11) is 0. The molecule has 1 rings (SSSR count). The van der Waals surface area contributed by atoms with E-state index < -0.39 is 0 Å². The Morgan fingerprint density at radius 1 is 1.18 bits per heavy atom. The second kappa shape index (κ2) is 8.93. The van der Waals surface area contributed by atoms with Crippen LogP contribution >= 0.6 is 0 Å². The lowest BCUT2D eigenvalue weighted by Gasteiger charge is -2.33. The van der Waals surface area contributed by atoms with Crippen LogP contribution in [0.4, 0.5) is 0 Å². The molecule has 0 aliphatic heterocycles. The monoisotopic (exact) mass is 241 g/mol. The van der Waals surface area contributed by atoms with Gasteiger partial charge in [-0.3, -0.25) is 0 Å². The average molecular weight is 241 g/mol. The van der Waals surface area contributed by atoms with Crippen molar-refractivity contribution < 1.29 is 5.11 Å². The largest absolute Gasteiger partial charge is 0.396 e. The average Bonchev–Trinajstić information content (AvgIpc) is 2.35. The summed E-state index contributed by atoms with van der Waals surface area (Å²) in [4.78, 5) is 0. The highest BCUT2D eigenvalue weighted by Crippen LogP contribution is 2.24. The standard InChI is InChI=1S/C15H31NO/c1-3-4-5-6-9-13(2)16-15-11-8-7-10-14(15)12-17/h13-17H,3-12H2,1-2H3. The molecule has 0 aromatic carbocycles. The molecule has 1 saturated carbocycles. The molecule has 0 saturated heterocycles. The Balaban J connectivity index is 2.16. The molecule has 1 aliphatic carbocycles. The zero-order valence-electron chi connectivity index (χ0n) is 11.8. The highest BCUT2D eigenvalue weighted by atomic mass is 16.3. The summed E-state index contributed by atoms with van der Waals surface area (Å²) in [6.45, 7) is 4.92. The topological polar surface area (TPSA) is 32.3 Å². The second-order valence-corrected chi connectivity index (χ2v) is 5.75. The maximum atomic E-state index is 9.38. The third-order valence-corrected chi connectivity index (χ3v) is 4.13. The maximum absolute atomic E-state index is 9.38. The summed E-state index contributed by atoms with van der Waals surface area (Å²) in [5, 5.41) is 13.1. The van der Waals surface area contributed by atoms with E-state index in [0.29, 0.717) is 24.6 Å². The normalized spacial score (nSPS) is 27.0. The Morgan fingerprint density at radius 3 is 2.65 bits per heavy atom. The van der Waals surface area contributed by atoms with Crippen molar-refractivity contribution in [2.24, 2.45) is 5.92 Å². The summed E-state index contributed by atoms with van der Waals surface area (Å²) in [6, 6.07) is 1.18. The minimum Gasteiger partial charge on any atom is -0.396 e. The van der Waals surface area contributed by atoms with E-state index in [1.54, 1.807) is 0 Å². The zero-order chi connectivity index (χ0) is 12.5. The second-order valence-electron chi connectivity index (χ2n) is 5.75. The SMILES string of the molecule is CCCCCCC(C)NC1CCCCC1CO. The van der Waals surface area contributed by atoms with Gasteiger partial charge in [-0.05, 0) is 32.1 Å². The van der Waals surface area contributed by atoms with Crippen LogP contribution in [-0.2, 0) is 0 Å². The Hall–Kier alpha value is -0.0800. The molecule has 1 aliphatic rings. The molecule has 0 aromatic heterocycles. The molecule has 17 heavy (non-hydrogen) atoms. The molecule has 0 amide bonds. The number of aliphatic hydroxyl groups excluding tert-OH is 1. The summed E-state index contributed by atoms with van der Waals surface area (Å²) in [5.74, 6) is 0.502. The number of aliphatic hydroxyl groups is 1. The van der Waals surface area contributed by atoms with E-state index in [0.717, 1.165) is 0 Å². The van der Waals surface area contributed by atoms with Crippen molar-refractivity contribution in [3.05, 3.63) is 0 Å². The lowest BCUT2D eigenvalue weighted by Crippen LogP contribution is -2.44. The molecular weight excluding hydrogens is 210 g/mol. The number of hydrogen-bond donors (Lipinski definition) is 2. The van der Waals surface area contributed by atoms with E-state index >= 15 is 0 Å². The first kappa shape index (κ1) is 15.0. The fraction of sp³-hybridized carbons (Fsp3) is 1.00. The molecule has 0 heterocycles. The van der Waals surface area contributed by atoms with E-state index in [2.05, 4.69) is 19.2 Å².